The third-order valence-corrected chi connectivity index (χ3v) is 2.69. The predicted molar refractivity (Wildman–Crippen MR) is 57.8 cm³/mol. The van der Waals surface area contributed by atoms with Gasteiger partial charge in [0.15, 0.2) is 0 Å². The molecule has 0 bridgehead atoms. The number of benzene rings is 1. The summed E-state index contributed by atoms with van der Waals surface area (Å²) in [6, 6.07) is 10.5. The van der Waals surface area contributed by atoms with Crippen molar-refractivity contribution in [2.75, 3.05) is 0 Å². The van der Waals surface area contributed by atoms with E-state index in [1.807, 2.05) is 12.3 Å². The minimum atomic E-state index is 0.246. The number of hydrogen-bond acceptors (Lipinski definition) is 1. The molecule has 14 heavy (non-hydrogen) atoms. The summed E-state index contributed by atoms with van der Waals surface area (Å²) in [7, 11) is 0. The van der Waals surface area contributed by atoms with E-state index in [1.165, 1.54) is 18.4 Å². The Bertz CT molecular complexity index is 302. The fourth-order valence-corrected chi connectivity index (χ4v) is 1.98. The summed E-state index contributed by atoms with van der Waals surface area (Å²) in [5.41, 5.74) is 1.29. The molecule has 2 atom stereocenters. The van der Waals surface area contributed by atoms with Crippen molar-refractivity contribution in [1.29, 1.82) is 0 Å². The average molecular weight is 188 g/mol. The molecule has 74 valence electrons. The van der Waals surface area contributed by atoms with Gasteiger partial charge in [-0.05, 0) is 18.1 Å². The molecular formula is C13H16O. The highest BCUT2D eigenvalue weighted by molar-refractivity contribution is 5.21. The third-order valence-electron chi connectivity index (χ3n) is 2.69. The van der Waals surface area contributed by atoms with Crippen LogP contribution in [0.5, 0.6) is 0 Å². The molecule has 0 amide bonds. The van der Waals surface area contributed by atoms with Crippen LogP contribution < -0.4 is 0 Å². The highest BCUT2D eigenvalue weighted by Gasteiger charge is 2.24. The van der Waals surface area contributed by atoms with E-state index in [4.69, 9.17) is 4.74 Å². The highest BCUT2D eigenvalue weighted by atomic mass is 16.5. The van der Waals surface area contributed by atoms with Crippen LogP contribution in [0.3, 0.4) is 0 Å². The SMILES string of the molecule is CCC[C@@H]1C=CO[C@H]1c1ccccc1. The van der Waals surface area contributed by atoms with Gasteiger partial charge >= 0.3 is 0 Å². The monoisotopic (exact) mass is 188 g/mol. The molecule has 1 heteroatoms. The van der Waals surface area contributed by atoms with Crippen molar-refractivity contribution in [2.45, 2.75) is 25.9 Å². The first-order chi connectivity index (χ1) is 6.92. The van der Waals surface area contributed by atoms with Gasteiger partial charge in [0.25, 0.3) is 0 Å². The molecule has 0 spiro atoms. The Hall–Kier alpha value is -1.24. The molecule has 0 N–H and O–H groups in total. The van der Waals surface area contributed by atoms with E-state index in [1.54, 1.807) is 0 Å². The van der Waals surface area contributed by atoms with Gasteiger partial charge in [-0.3, -0.25) is 0 Å². The Kier molecular flexibility index (Phi) is 2.87. The summed E-state index contributed by atoms with van der Waals surface area (Å²) < 4.78 is 5.62. The fourth-order valence-electron chi connectivity index (χ4n) is 1.98. The molecule has 0 saturated carbocycles. The van der Waals surface area contributed by atoms with Crippen LogP contribution in [0.25, 0.3) is 0 Å². The average Bonchev–Trinajstić information content (AvgIpc) is 2.68. The lowest BCUT2D eigenvalue weighted by Gasteiger charge is -2.18. The van der Waals surface area contributed by atoms with Gasteiger partial charge in [-0.25, -0.2) is 0 Å². The first-order valence-corrected chi connectivity index (χ1v) is 5.29. The molecule has 1 aliphatic heterocycles. The highest BCUT2D eigenvalue weighted by Crippen LogP contribution is 2.34. The van der Waals surface area contributed by atoms with Crippen LogP contribution >= 0.6 is 0 Å². The fraction of sp³-hybridized carbons (Fsp3) is 0.385. The summed E-state index contributed by atoms with van der Waals surface area (Å²) in [5, 5.41) is 0. The zero-order chi connectivity index (χ0) is 9.80. The first kappa shape index (κ1) is 9.32. The van der Waals surface area contributed by atoms with Gasteiger partial charge in [-0.2, -0.15) is 0 Å². The molecule has 1 aliphatic rings. The number of hydrogen-bond donors (Lipinski definition) is 0. The van der Waals surface area contributed by atoms with Crippen molar-refractivity contribution in [3.8, 4) is 0 Å². The predicted octanol–water partition coefficient (Wildman–Crippen LogP) is 3.69. The molecule has 1 aromatic carbocycles. The maximum Gasteiger partial charge on any atom is 0.129 e. The molecule has 1 nitrogen and oxygen atoms in total. The Morgan fingerprint density at radius 2 is 2.00 bits per heavy atom. The molecule has 0 radical (unpaired) electrons. The zero-order valence-electron chi connectivity index (χ0n) is 8.52. The van der Waals surface area contributed by atoms with E-state index in [9.17, 15) is 0 Å². The second-order valence-electron chi connectivity index (χ2n) is 3.75. The van der Waals surface area contributed by atoms with Gasteiger partial charge < -0.3 is 4.74 Å². The van der Waals surface area contributed by atoms with Crippen LogP contribution in [0.4, 0.5) is 0 Å². The molecule has 0 saturated heterocycles. The van der Waals surface area contributed by atoms with Gasteiger partial charge in [0, 0.05) is 5.92 Å². The lowest BCUT2D eigenvalue weighted by Crippen LogP contribution is -2.07. The summed E-state index contributed by atoms with van der Waals surface area (Å²) in [4.78, 5) is 0. The number of ether oxygens (including phenoxy) is 1. The Morgan fingerprint density at radius 1 is 1.21 bits per heavy atom. The normalized spacial score (nSPS) is 24.9. The van der Waals surface area contributed by atoms with Gasteiger partial charge in [0.05, 0.1) is 6.26 Å². The van der Waals surface area contributed by atoms with Crippen LogP contribution in [0.1, 0.15) is 31.4 Å². The van der Waals surface area contributed by atoms with E-state index in [0.29, 0.717) is 5.92 Å². The smallest absolute Gasteiger partial charge is 0.129 e. The largest absolute Gasteiger partial charge is 0.493 e. The van der Waals surface area contributed by atoms with E-state index in [0.717, 1.165) is 0 Å². The molecule has 0 aromatic heterocycles. The van der Waals surface area contributed by atoms with Crippen molar-refractivity contribution in [3.63, 3.8) is 0 Å². The summed E-state index contributed by atoms with van der Waals surface area (Å²) in [6.45, 7) is 2.22. The second-order valence-corrected chi connectivity index (χ2v) is 3.75. The van der Waals surface area contributed by atoms with Crippen LogP contribution in [0.2, 0.25) is 0 Å². The summed E-state index contributed by atoms with van der Waals surface area (Å²) in [6.07, 6.45) is 6.69. The maximum absolute atomic E-state index is 5.62. The minimum absolute atomic E-state index is 0.246. The van der Waals surface area contributed by atoms with Gasteiger partial charge in [0.1, 0.15) is 6.10 Å². The van der Waals surface area contributed by atoms with E-state index in [-0.39, 0.29) is 6.10 Å². The van der Waals surface area contributed by atoms with Gasteiger partial charge in [0.2, 0.25) is 0 Å². The van der Waals surface area contributed by atoms with Crippen molar-refractivity contribution >= 4 is 0 Å². The van der Waals surface area contributed by atoms with Gasteiger partial charge in [-0.15, -0.1) is 0 Å². The lowest BCUT2D eigenvalue weighted by atomic mass is 9.93. The van der Waals surface area contributed by atoms with E-state index < -0.39 is 0 Å². The molecular weight excluding hydrogens is 172 g/mol. The standard InChI is InChI=1S/C13H16O/c1-2-6-11-9-10-14-13(11)12-7-4-3-5-8-12/h3-5,7-11,13H,2,6H2,1H3/t11-,13-/m1/s1. The Morgan fingerprint density at radius 3 is 2.71 bits per heavy atom. The van der Waals surface area contributed by atoms with Gasteiger partial charge in [-0.1, -0.05) is 43.7 Å². The van der Waals surface area contributed by atoms with Crippen LogP contribution in [0.15, 0.2) is 42.7 Å². The molecule has 0 fully saturated rings. The molecule has 1 aromatic rings. The zero-order valence-corrected chi connectivity index (χ0v) is 8.52. The van der Waals surface area contributed by atoms with Crippen molar-refractivity contribution in [1.82, 2.24) is 0 Å². The molecule has 0 unspecified atom stereocenters. The quantitative estimate of drug-likeness (QED) is 0.703. The second kappa shape index (κ2) is 4.32. The minimum Gasteiger partial charge on any atom is -0.493 e. The van der Waals surface area contributed by atoms with E-state index in [2.05, 4.69) is 37.3 Å². The first-order valence-electron chi connectivity index (χ1n) is 5.29. The molecule has 1 heterocycles. The van der Waals surface area contributed by atoms with E-state index >= 15 is 0 Å². The molecule has 2 rings (SSSR count). The Labute approximate surface area is 85.4 Å². The summed E-state index contributed by atoms with van der Waals surface area (Å²) >= 11 is 0. The van der Waals surface area contributed by atoms with Crippen LogP contribution in [-0.4, -0.2) is 0 Å². The lowest BCUT2D eigenvalue weighted by molar-refractivity contribution is 0.132. The van der Waals surface area contributed by atoms with Crippen molar-refractivity contribution < 1.29 is 4.74 Å². The topological polar surface area (TPSA) is 9.23 Å². The van der Waals surface area contributed by atoms with Crippen LogP contribution in [0, 0.1) is 5.92 Å². The third kappa shape index (κ3) is 1.82. The van der Waals surface area contributed by atoms with Crippen molar-refractivity contribution in [3.05, 3.63) is 48.2 Å². The summed E-state index contributed by atoms with van der Waals surface area (Å²) in [5.74, 6) is 0.558. The van der Waals surface area contributed by atoms with Crippen molar-refractivity contribution in [2.24, 2.45) is 5.92 Å². The molecule has 0 aliphatic carbocycles. The Balaban J connectivity index is 2.12. The maximum atomic E-state index is 5.62. The number of rotatable bonds is 3. The van der Waals surface area contributed by atoms with Crippen LogP contribution in [-0.2, 0) is 4.74 Å².